The zero-order valence-electron chi connectivity index (χ0n) is 14.7. The highest BCUT2D eigenvalue weighted by Gasteiger charge is 2.10. The van der Waals surface area contributed by atoms with Crippen LogP contribution in [-0.2, 0) is 0 Å². The van der Waals surface area contributed by atoms with Crippen molar-refractivity contribution in [3.05, 3.63) is 24.3 Å². The summed E-state index contributed by atoms with van der Waals surface area (Å²) in [7, 11) is 3.85. The second-order valence-corrected chi connectivity index (χ2v) is 5.97. The van der Waals surface area contributed by atoms with Crippen LogP contribution in [0.25, 0.3) is 0 Å². The summed E-state index contributed by atoms with van der Waals surface area (Å²) in [4.78, 5) is 9.32. The normalized spacial score (nSPS) is 17.0. The summed E-state index contributed by atoms with van der Waals surface area (Å²) in [5.41, 5.74) is 6.85. The number of aliphatic imine (C=N–C) groups is 1. The van der Waals surface area contributed by atoms with Gasteiger partial charge in [0.05, 0.1) is 7.11 Å². The Labute approximate surface area is 162 Å². The van der Waals surface area contributed by atoms with Gasteiger partial charge in [0.15, 0.2) is 5.96 Å². The van der Waals surface area contributed by atoms with Crippen LogP contribution in [0, 0.1) is 0 Å². The van der Waals surface area contributed by atoms with E-state index in [1.165, 1.54) is 19.5 Å². The molecule has 0 atom stereocenters. The molecule has 0 saturated carbocycles. The molecule has 1 aromatic rings. The number of likely N-dealkylation sites (N-methyl/N-ethyl adjacent to an activating group) is 1. The number of ether oxygens (including phenoxy) is 1. The van der Waals surface area contributed by atoms with Gasteiger partial charge >= 0.3 is 0 Å². The maximum Gasteiger partial charge on any atom is 0.193 e. The SMILES string of the molecule is COc1ccc(NC(N)=NCCCN2CCCN(C)CC2)cc1.I. The van der Waals surface area contributed by atoms with Crippen LogP contribution in [0.4, 0.5) is 5.69 Å². The molecule has 0 radical (unpaired) electrons. The highest BCUT2D eigenvalue weighted by molar-refractivity contribution is 14.0. The van der Waals surface area contributed by atoms with Crippen molar-refractivity contribution in [3.63, 3.8) is 0 Å². The molecular weight excluding hydrogens is 417 g/mol. The third-order valence-corrected chi connectivity index (χ3v) is 4.09. The molecule has 1 aliphatic heterocycles. The summed E-state index contributed by atoms with van der Waals surface area (Å²) in [5, 5.41) is 3.10. The first-order chi connectivity index (χ1) is 11.2. The molecule has 3 N–H and O–H groups in total. The Morgan fingerprint density at radius 1 is 1.21 bits per heavy atom. The van der Waals surface area contributed by atoms with Crippen molar-refractivity contribution in [2.24, 2.45) is 10.7 Å². The minimum atomic E-state index is 0. The number of rotatable bonds is 6. The lowest BCUT2D eigenvalue weighted by Gasteiger charge is -2.19. The number of nitrogens with one attached hydrogen (secondary N) is 1. The zero-order chi connectivity index (χ0) is 16.5. The molecule has 6 nitrogen and oxygen atoms in total. The van der Waals surface area contributed by atoms with Gasteiger partial charge in [0.25, 0.3) is 0 Å². The quantitative estimate of drug-likeness (QED) is 0.303. The first-order valence-corrected chi connectivity index (χ1v) is 8.29. The molecule has 1 heterocycles. The smallest absolute Gasteiger partial charge is 0.193 e. The maximum atomic E-state index is 5.93. The fourth-order valence-corrected chi connectivity index (χ4v) is 2.68. The van der Waals surface area contributed by atoms with Gasteiger partial charge in [0.2, 0.25) is 0 Å². The molecule has 0 bridgehead atoms. The number of halogens is 1. The second-order valence-electron chi connectivity index (χ2n) is 5.97. The van der Waals surface area contributed by atoms with Crippen molar-refractivity contribution in [2.45, 2.75) is 12.8 Å². The van der Waals surface area contributed by atoms with E-state index >= 15 is 0 Å². The molecule has 1 aliphatic rings. The Bertz CT molecular complexity index is 494. The number of guanidine groups is 1. The molecular formula is C17H30IN5O. The summed E-state index contributed by atoms with van der Waals surface area (Å²) >= 11 is 0. The molecule has 0 unspecified atom stereocenters. The van der Waals surface area contributed by atoms with Gasteiger partial charge in [0.1, 0.15) is 5.75 Å². The van der Waals surface area contributed by atoms with Gasteiger partial charge in [-0.05, 0) is 63.8 Å². The number of nitrogens with zero attached hydrogens (tertiary/aromatic N) is 3. The zero-order valence-corrected chi connectivity index (χ0v) is 17.0. The molecule has 7 heteroatoms. The van der Waals surface area contributed by atoms with E-state index in [0.717, 1.165) is 44.0 Å². The number of anilines is 1. The topological polar surface area (TPSA) is 66.1 Å². The Hall–Kier alpha value is -1.06. The number of hydrogen-bond acceptors (Lipinski definition) is 4. The maximum absolute atomic E-state index is 5.93. The van der Waals surface area contributed by atoms with Crippen LogP contribution in [0.2, 0.25) is 0 Å². The summed E-state index contributed by atoms with van der Waals surface area (Å²) in [6.07, 6.45) is 2.29. The molecule has 0 amide bonds. The van der Waals surface area contributed by atoms with E-state index in [9.17, 15) is 0 Å². The Balaban J connectivity index is 0.00000288. The molecule has 1 fully saturated rings. The van der Waals surface area contributed by atoms with E-state index in [4.69, 9.17) is 10.5 Å². The van der Waals surface area contributed by atoms with Crippen molar-refractivity contribution >= 4 is 35.6 Å². The Morgan fingerprint density at radius 2 is 1.96 bits per heavy atom. The average molecular weight is 447 g/mol. The van der Waals surface area contributed by atoms with Crippen LogP contribution in [0.15, 0.2) is 29.3 Å². The third kappa shape index (κ3) is 7.67. The first-order valence-electron chi connectivity index (χ1n) is 8.29. The summed E-state index contributed by atoms with van der Waals surface area (Å²) in [5.74, 6) is 1.29. The van der Waals surface area contributed by atoms with E-state index in [1.807, 2.05) is 24.3 Å². The van der Waals surface area contributed by atoms with Crippen LogP contribution in [0.5, 0.6) is 5.75 Å². The lowest BCUT2D eigenvalue weighted by molar-refractivity contribution is 0.275. The molecule has 1 saturated heterocycles. The van der Waals surface area contributed by atoms with Gasteiger partial charge in [-0.1, -0.05) is 0 Å². The predicted molar refractivity (Wildman–Crippen MR) is 112 cm³/mol. The average Bonchev–Trinajstić information content (AvgIpc) is 2.77. The van der Waals surface area contributed by atoms with Gasteiger partial charge in [0, 0.05) is 25.3 Å². The number of hydrogen-bond donors (Lipinski definition) is 2. The molecule has 0 spiro atoms. The fourth-order valence-electron chi connectivity index (χ4n) is 2.68. The van der Waals surface area contributed by atoms with E-state index in [2.05, 4.69) is 27.2 Å². The van der Waals surface area contributed by atoms with E-state index in [0.29, 0.717) is 5.96 Å². The molecule has 2 rings (SSSR count). The van der Waals surface area contributed by atoms with Crippen LogP contribution < -0.4 is 15.8 Å². The van der Waals surface area contributed by atoms with Gasteiger partial charge in [-0.15, -0.1) is 24.0 Å². The van der Waals surface area contributed by atoms with Crippen LogP contribution in [-0.4, -0.2) is 69.2 Å². The Kier molecular flexibility index (Phi) is 10.0. The summed E-state index contributed by atoms with van der Waals surface area (Å²) in [6, 6.07) is 7.64. The molecule has 1 aromatic carbocycles. The first kappa shape index (κ1) is 21.0. The van der Waals surface area contributed by atoms with Crippen LogP contribution in [0.3, 0.4) is 0 Å². The van der Waals surface area contributed by atoms with Crippen molar-refractivity contribution in [1.29, 1.82) is 0 Å². The van der Waals surface area contributed by atoms with E-state index < -0.39 is 0 Å². The van der Waals surface area contributed by atoms with Gasteiger partial charge < -0.3 is 25.6 Å². The minimum absolute atomic E-state index is 0. The van der Waals surface area contributed by atoms with Crippen LogP contribution >= 0.6 is 24.0 Å². The number of methoxy groups -OCH3 is 1. The van der Waals surface area contributed by atoms with Crippen molar-refractivity contribution in [1.82, 2.24) is 9.80 Å². The van der Waals surface area contributed by atoms with Crippen molar-refractivity contribution in [2.75, 3.05) is 58.7 Å². The molecule has 0 aliphatic carbocycles. The number of benzene rings is 1. The molecule has 136 valence electrons. The second kappa shape index (κ2) is 11.5. The molecule has 24 heavy (non-hydrogen) atoms. The minimum Gasteiger partial charge on any atom is -0.497 e. The number of nitrogens with two attached hydrogens (primary N) is 1. The van der Waals surface area contributed by atoms with Crippen molar-refractivity contribution < 1.29 is 4.74 Å². The Morgan fingerprint density at radius 3 is 2.67 bits per heavy atom. The monoisotopic (exact) mass is 447 g/mol. The third-order valence-electron chi connectivity index (χ3n) is 4.09. The van der Waals surface area contributed by atoms with Crippen LogP contribution in [0.1, 0.15) is 12.8 Å². The molecule has 0 aromatic heterocycles. The highest BCUT2D eigenvalue weighted by atomic mass is 127. The van der Waals surface area contributed by atoms with Gasteiger partial charge in [-0.25, -0.2) is 0 Å². The van der Waals surface area contributed by atoms with Crippen molar-refractivity contribution in [3.8, 4) is 5.75 Å². The van der Waals surface area contributed by atoms with E-state index in [1.54, 1.807) is 7.11 Å². The summed E-state index contributed by atoms with van der Waals surface area (Å²) in [6.45, 7) is 6.54. The predicted octanol–water partition coefficient (Wildman–Crippen LogP) is 2.07. The lowest BCUT2D eigenvalue weighted by Crippen LogP contribution is -2.30. The van der Waals surface area contributed by atoms with E-state index in [-0.39, 0.29) is 24.0 Å². The highest BCUT2D eigenvalue weighted by Crippen LogP contribution is 2.14. The standard InChI is InChI=1S/C17H29N5O.HI/c1-21-10-4-12-22(14-13-21)11-3-9-19-17(18)20-15-5-7-16(23-2)8-6-15;/h5-8H,3-4,9-14H2,1-2H3,(H3,18,19,20);1H. The largest absolute Gasteiger partial charge is 0.497 e. The fraction of sp³-hybridized carbons (Fsp3) is 0.588. The van der Waals surface area contributed by atoms with Gasteiger partial charge in [-0.2, -0.15) is 0 Å². The summed E-state index contributed by atoms with van der Waals surface area (Å²) < 4.78 is 5.13. The lowest BCUT2D eigenvalue weighted by atomic mass is 10.3. The van der Waals surface area contributed by atoms with Gasteiger partial charge in [-0.3, -0.25) is 4.99 Å².